The number of hydrogen-bond acceptors (Lipinski definition) is 4. The fourth-order valence-corrected chi connectivity index (χ4v) is 3.05. The molecule has 5 nitrogen and oxygen atoms in total. The van der Waals surface area contributed by atoms with Gasteiger partial charge in [-0.25, -0.2) is 4.57 Å². The molecule has 0 atom stereocenters. The lowest BCUT2D eigenvalue weighted by Crippen LogP contribution is -2.30. The van der Waals surface area contributed by atoms with Crippen LogP contribution in [0.25, 0.3) is 22.0 Å². The molecule has 3 aromatic rings. The third-order valence-electron chi connectivity index (χ3n) is 4.28. The van der Waals surface area contributed by atoms with Gasteiger partial charge in [-0.2, -0.15) is 0 Å². The molecular weight excluding hydrogens is 318 g/mol. The van der Waals surface area contributed by atoms with Crippen molar-refractivity contribution < 1.29 is 23.5 Å². The summed E-state index contributed by atoms with van der Waals surface area (Å²) < 4.78 is 23.9. The highest BCUT2D eigenvalue weighted by Crippen LogP contribution is 2.41. The highest BCUT2D eigenvalue weighted by atomic mass is 16.5. The van der Waals surface area contributed by atoms with Crippen molar-refractivity contribution in [3.8, 4) is 34.3 Å². The Hall–Kier alpha value is -2.95. The van der Waals surface area contributed by atoms with Crippen molar-refractivity contribution in [2.75, 3.05) is 28.4 Å². The second-order valence-corrected chi connectivity index (χ2v) is 5.64. The Morgan fingerprint density at radius 1 is 0.760 bits per heavy atom. The molecule has 0 amide bonds. The van der Waals surface area contributed by atoms with Gasteiger partial charge in [0.2, 0.25) is 11.4 Å². The molecule has 0 aliphatic heterocycles. The zero-order valence-corrected chi connectivity index (χ0v) is 15.1. The number of benzene rings is 2. The quantitative estimate of drug-likeness (QED) is 0.668. The molecule has 3 rings (SSSR count). The van der Waals surface area contributed by atoms with Crippen molar-refractivity contribution in [2.24, 2.45) is 7.05 Å². The minimum Gasteiger partial charge on any atom is -0.497 e. The first-order valence-electron chi connectivity index (χ1n) is 7.89. The summed E-state index contributed by atoms with van der Waals surface area (Å²) in [4.78, 5) is 0. The van der Waals surface area contributed by atoms with E-state index in [0.29, 0.717) is 17.2 Å². The molecule has 0 N–H and O–H groups in total. The van der Waals surface area contributed by atoms with Crippen LogP contribution >= 0.6 is 0 Å². The van der Waals surface area contributed by atoms with E-state index in [2.05, 4.69) is 16.7 Å². The zero-order valence-electron chi connectivity index (χ0n) is 15.1. The second-order valence-electron chi connectivity index (χ2n) is 5.64. The molecule has 1 aromatic heterocycles. The molecule has 25 heavy (non-hydrogen) atoms. The largest absolute Gasteiger partial charge is 0.497 e. The lowest BCUT2D eigenvalue weighted by molar-refractivity contribution is -0.659. The smallest absolute Gasteiger partial charge is 0.220 e. The minimum absolute atomic E-state index is 0.578. The maximum atomic E-state index is 5.50. The van der Waals surface area contributed by atoms with Gasteiger partial charge in [-0.1, -0.05) is 6.07 Å². The summed E-state index contributed by atoms with van der Waals surface area (Å²) >= 11 is 0. The number of hydrogen-bond donors (Lipinski definition) is 0. The van der Waals surface area contributed by atoms with Crippen molar-refractivity contribution in [1.29, 1.82) is 0 Å². The Bertz CT molecular complexity index is 896. The van der Waals surface area contributed by atoms with Crippen molar-refractivity contribution in [1.82, 2.24) is 0 Å². The first-order chi connectivity index (χ1) is 12.1. The summed E-state index contributed by atoms with van der Waals surface area (Å²) in [6.45, 7) is 0. The Kier molecular flexibility index (Phi) is 4.65. The number of ether oxygens (including phenoxy) is 4. The standard InChI is InChI=1S/C20H22NO4/c1-21-9-8-13-6-7-15(22-2)12-16(13)19(21)14-10-17(23-3)20(25-5)18(11-14)24-4/h6-12H,1-5H3/q+1. The Morgan fingerprint density at radius 3 is 2.00 bits per heavy atom. The van der Waals surface area contributed by atoms with Gasteiger partial charge in [-0.05, 0) is 29.7 Å². The lowest BCUT2D eigenvalue weighted by Gasteiger charge is -2.14. The lowest BCUT2D eigenvalue weighted by atomic mass is 10.0. The molecule has 0 radical (unpaired) electrons. The van der Waals surface area contributed by atoms with Crippen molar-refractivity contribution in [2.45, 2.75) is 0 Å². The molecule has 5 heteroatoms. The molecular formula is C20H22NO4+. The Morgan fingerprint density at radius 2 is 1.44 bits per heavy atom. The van der Waals surface area contributed by atoms with Gasteiger partial charge in [0.1, 0.15) is 12.8 Å². The van der Waals surface area contributed by atoms with Gasteiger partial charge in [0.05, 0.1) is 39.4 Å². The van der Waals surface area contributed by atoms with E-state index >= 15 is 0 Å². The van der Waals surface area contributed by atoms with E-state index in [-0.39, 0.29) is 0 Å². The van der Waals surface area contributed by atoms with Crippen LogP contribution in [0, 0.1) is 0 Å². The summed E-state index contributed by atoms with van der Waals surface area (Å²) in [6, 6.07) is 12.0. The van der Waals surface area contributed by atoms with E-state index in [9.17, 15) is 0 Å². The summed E-state index contributed by atoms with van der Waals surface area (Å²) in [6.07, 6.45) is 2.04. The van der Waals surface area contributed by atoms with Gasteiger partial charge in [-0.3, -0.25) is 0 Å². The number of aromatic nitrogens is 1. The van der Waals surface area contributed by atoms with Gasteiger partial charge in [0.15, 0.2) is 17.7 Å². The zero-order chi connectivity index (χ0) is 18.0. The summed E-state index contributed by atoms with van der Waals surface area (Å²) in [7, 11) is 8.52. The second kappa shape index (κ2) is 6.89. The van der Waals surface area contributed by atoms with Crippen LogP contribution in [0.2, 0.25) is 0 Å². The summed E-state index contributed by atoms with van der Waals surface area (Å²) in [5.74, 6) is 2.63. The molecule has 0 fully saturated rings. The minimum atomic E-state index is 0.578. The molecule has 0 unspecified atom stereocenters. The SMILES string of the molecule is COc1ccc2cc[n+](C)c(-c3cc(OC)c(OC)c(OC)c3)c2c1. The highest BCUT2D eigenvalue weighted by molar-refractivity contribution is 5.94. The average Bonchev–Trinajstić information content (AvgIpc) is 2.66. The highest BCUT2D eigenvalue weighted by Gasteiger charge is 2.21. The van der Waals surface area contributed by atoms with E-state index in [1.807, 2.05) is 37.5 Å². The molecule has 0 aliphatic carbocycles. The van der Waals surface area contributed by atoms with Crippen molar-refractivity contribution in [3.63, 3.8) is 0 Å². The normalized spacial score (nSPS) is 10.6. The first-order valence-corrected chi connectivity index (χ1v) is 7.89. The molecule has 2 aromatic carbocycles. The Balaban J connectivity index is 2.34. The third-order valence-corrected chi connectivity index (χ3v) is 4.28. The van der Waals surface area contributed by atoms with Gasteiger partial charge < -0.3 is 18.9 Å². The molecule has 0 aliphatic rings. The predicted octanol–water partition coefficient (Wildman–Crippen LogP) is 3.37. The van der Waals surface area contributed by atoms with Crippen LogP contribution < -0.4 is 23.5 Å². The Labute approximate surface area is 147 Å². The van der Waals surface area contributed by atoms with Crippen molar-refractivity contribution in [3.05, 3.63) is 42.6 Å². The summed E-state index contributed by atoms with van der Waals surface area (Å²) in [5.41, 5.74) is 2.01. The molecule has 1 heterocycles. The fourth-order valence-electron chi connectivity index (χ4n) is 3.05. The number of fused-ring (bicyclic) bond motifs is 1. The van der Waals surface area contributed by atoms with Gasteiger partial charge in [-0.15, -0.1) is 0 Å². The predicted molar refractivity (Wildman–Crippen MR) is 96.8 cm³/mol. The summed E-state index contributed by atoms with van der Waals surface area (Å²) in [5, 5.41) is 2.21. The van der Waals surface area contributed by atoms with E-state index < -0.39 is 0 Å². The van der Waals surface area contributed by atoms with Crippen LogP contribution in [0.15, 0.2) is 42.6 Å². The number of nitrogens with zero attached hydrogens (tertiary/aromatic N) is 1. The van der Waals surface area contributed by atoms with Crippen LogP contribution in [0.4, 0.5) is 0 Å². The molecule has 0 bridgehead atoms. The van der Waals surface area contributed by atoms with Gasteiger partial charge in [0.25, 0.3) is 0 Å². The van der Waals surface area contributed by atoms with Crippen LogP contribution in [0.1, 0.15) is 0 Å². The molecule has 0 saturated carbocycles. The van der Waals surface area contributed by atoms with E-state index in [0.717, 1.165) is 27.8 Å². The van der Waals surface area contributed by atoms with E-state index in [4.69, 9.17) is 18.9 Å². The van der Waals surface area contributed by atoms with Crippen LogP contribution in [0.5, 0.6) is 23.0 Å². The third kappa shape index (κ3) is 2.93. The fraction of sp³-hybridized carbons (Fsp3) is 0.250. The van der Waals surface area contributed by atoms with Crippen molar-refractivity contribution >= 4 is 10.8 Å². The van der Waals surface area contributed by atoms with Crippen LogP contribution in [-0.2, 0) is 7.05 Å². The monoisotopic (exact) mass is 340 g/mol. The maximum absolute atomic E-state index is 5.50. The molecule has 0 saturated heterocycles. The van der Waals surface area contributed by atoms with E-state index in [1.165, 1.54) is 0 Å². The number of aryl methyl sites for hydroxylation is 1. The number of pyridine rings is 1. The molecule has 0 spiro atoms. The average molecular weight is 340 g/mol. The van der Waals surface area contributed by atoms with Crippen LogP contribution in [-0.4, -0.2) is 28.4 Å². The number of rotatable bonds is 5. The number of methoxy groups -OCH3 is 4. The van der Waals surface area contributed by atoms with Crippen LogP contribution in [0.3, 0.4) is 0 Å². The van der Waals surface area contributed by atoms with E-state index in [1.54, 1.807) is 28.4 Å². The molecule has 130 valence electrons. The van der Waals surface area contributed by atoms with Gasteiger partial charge in [0, 0.05) is 6.07 Å². The van der Waals surface area contributed by atoms with Gasteiger partial charge >= 0.3 is 0 Å². The topological polar surface area (TPSA) is 40.8 Å². The first kappa shape index (κ1) is 16.9. The maximum Gasteiger partial charge on any atom is 0.220 e.